The van der Waals surface area contributed by atoms with Crippen LogP contribution in [0.15, 0.2) is 94.5 Å². The van der Waals surface area contributed by atoms with Gasteiger partial charge in [0.25, 0.3) is 5.91 Å². The van der Waals surface area contributed by atoms with Crippen molar-refractivity contribution in [2.75, 3.05) is 4.90 Å². The van der Waals surface area contributed by atoms with Crippen molar-refractivity contribution in [1.82, 2.24) is 4.98 Å². The highest BCUT2D eigenvalue weighted by Crippen LogP contribution is 2.28. The molecule has 0 aliphatic rings. The Morgan fingerprint density at radius 2 is 1.80 bits per heavy atom. The van der Waals surface area contributed by atoms with Gasteiger partial charge in [0, 0.05) is 12.3 Å². The van der Waals surface area contributed by atoms with Crippen LogP contribution in [0, 0.1) is 0 Å². The molecule has 2 heterocycles. The molecule has 148 valence electrons. The third-order valence-corrected chi connectivity index (χ3v) is 4.60. The molecule has 0 unspecified atom stereocenters. The Morgan fingerprint density at radius 3 is 2.60 bits per heavy atom. The minimum atomic E-state index is -0.408. The topological polar surface area (TPSA) is 83.6 Å². The van der Waals surface area contributed by atoms with Crippen LogP contribution in [-0.4, -0.2) is 16.0 Å². The zero-order valence-electron chi connectivity index (χ0n) is 15.9. The monoisotopic (exact) mass is 398 g/mol. The van der Waals surface area contributed by atoms with E-state index < -0.39 is 5.91 Å². The number of carbonyl (C=O) groups excluding carboxylic acids is 1. The van der Waals surface area contributed by atoms with Gasteiger partial charge >= 0.3 is 0 Å². The van der Waals surface area contributed by atoms with E-state index in [1.54, 1.807) is 60.8 Å². The molecule has 4 rings (SSSR count). The molecule has 2 aromatic carbocycles. The summed E-state index contributed by atoms with van der Waals surface area (Å²) in [6.07, 6.45) is 5.68. The number of hydrogen-bond donors (Lipinski definition) is 1. The van der Waals surface area contributed by atoms with Crippen LogP contribution in [-0.2, 0) is 11.3 Å². The van der Waals surface area contributed by atoms with Crippen molar-refractivity contribution in [2.24, 2.45) is 0 Å². The van der Waals surface area contributed by atoms with Gasteiger partial charge in [-0.3, -0.25) is 19.5 Å². The molecule has 0 saturated carbocycles. The van der Waals surface area contributed by atoms with Crippen molar-refractivity contribution in [3.05, 3.63) is 107 Å². The second-order valence-corrected chi connectivity index (χ2v) is 6.58. The van der Waals surface area contributed by atoms with Crippen LogP contribution >= 0.6 is 0 Å². The first-order valence-electron chi connectivity index (χ1n) is 9.31. The summed E-state index contributed by atoms with van der Waals surface area (Å²) in [5.74, 6) is -0.435. The van der Waals surface area contributed by atoms with Crippen molar-refractivity contribution in [3.8, 4) is 5.75 Å². The second kappa shape index (κ2) is 8.45. The van der Waals surface area contributed by atoms with Crippen LogP contribution in [0.2, 0.25) is 0 Å². The van der Waals surface area contributed by atoms with Gasteiger partial charge in [0.15, 0.2) is 5.43 Å². The summed E-state index contributed by atoms with van der Waals surface area (Å²) in [6, 6.07) is 18.9. The second-order valence-electron chi connectivity index (χ2n) is 6.58. The maximum Gasteiger partial charge on any atom is 0.251 e. The number of amides is 1. The number of fused-ring (bicyclic) bond motifs is 1. The van der Waals surface area contributed by atoms with E-state index >= 15 is 0 Å². The summed E-state index contributed by atoms with van der Waals surface area (Å²) < 4.78 is 5.49. The van der Waals surface area contributed by atoms with E-state index in [9.17, 15) is 14.7 Å². The molecule has 1 amide bonds. The fourth-order valence-corrected chi connectivity index (χ4v) is 3.09. The number of rotatable bonds is 5. The Balaban J connectivity index is 1.67. The molecule has 4 aromatic rings. The number of aromatic nitrogens is 1. The molecule has 0 bridgehead atoms. The molecular weight excluding hydrogens is 380 g/mol. The highest BCUT2D eigenvalue weighted by atomic mass is 16.3. The molecule has 1 N–H and O–H groups in total. The highest BCUT2D eigenvalue weighted by molar-refractivity contribution is 6.04. The quantitative estimate of drug-likeness (QED) is 0.511. The van der Waals surface area contributed by atoms with E-state index in [-0.39, 0.29) is 23.3 Å². The predicted molar refractivity (Wildman–Crippen MR) is 115 cm³/mol. The minimum absolute atomic E-state index is 0.0274. The summed E-state index contributed by atoms with van der Waals surface area (Å²) in [7, 11) is 0. The number of benzene rings is 2. The number of nitrogens with zero attached hydrogens (tertiary/aromatic N) is 2. The van der Waals surface area contributed by atoms with E-state index in [0.717, 1.165) is 0 Å². The van der Waals surface area contributed by atoms with E-state index in [1.165, 1.54) is 29.4 Å². The Bertz CT molecular complexity index is 1280. The zero-order valence-corrected chi connectivity index (χ0v) is 15.9. The molecule has 0 aliphatic carbocycles. The molecule has 0 fully saturated rings. The number of carbonyl (C=O) groups is 1. The van der Waals surface area contributed by atoms with Gasteiger partial charge in [-0.1, -0.05) is 30.3 Å². The molecule has 0 saturated heterocycles. The lowest BCUT2D eigenvalue weighted by atomic mass is 10.1. The van der Waals surface area contributed by atoms with Gasteiger partial charge in [-0.15, -0.1) is 0 Å². The Morgan fingerprint density at radius 1 is 1.03 bits per heavy atom. The maximum absolute atomic E-state index is 13.0. The largest absolute Gasteiger partial charge is 0.506 e. The number of anilines is 1. The Hall–Kier alpha value is -4.19. The molecule has 0 aliphatic heterocycles. The molecular formula is C24H18N2O4. The van der Waals surface area contributed by atoms with E-state index in [1.807, 2.05) is 6.07 Å². The van der Waals surface area contributed by atoms with E-state index in [2.05, 4.69) is 4.98 Å². The van der Waals surface area contributed by atoms with Crippen LogP contribution in [0.5, 0.6) is 5.75 Å². The number of phenols is 1. The number of phenolic OH excluding ortho intramolecular Hbond substituents is 1. The number of pyridine rings is 1. The molecule has 0 spiro atoms. The van der Waals surface area contributed by atoms with Crippen molar-refractivity contribution in [3.63, 3.8) is 0 Å². The standard InChI is InChI=1S/C24H18N2O4/c27-21-10-3-2-9-20(21)26(15-18-7-5-6-14-25-18)23(28)13-12-17-16-30-22-11-4-1-8-19(22)24(17)29/h1-14,16,27H,15H2/b13-12+. The Kier molecular flexibility index (Phi) is 5.39. The van der Waals surface area contributed by atoms with Crippen LogP contribution in [0.25, 0.3) is 17.0 Å². The molecule has 0 atom stereocenters. The number of aromatic hydroxyl groups is 1. The van der Waals surface area contributed by atoms with Crippen LogP contribution in [0.3, 0.4) is 0 Å². The fraction of sp³-hybridized carbons (Fsp3) is 0.0417. The lowest BCUT2D eigenvalue weighted by molar-refractivity contribution is -0.114. The van der Waals surface area contributed by atoms with Gasteiger partial charge in [-0.25, -0.2) is 0 Å². The number of hydrogen-bond acceptors (Lipinski definition) is 5. The van der Waals surface area contributed by atoms with Crippen molar-refractivity contribution in [2.45, 2.75) is 6.54 Å². The van der Waals surface area contributed by atoms with Gasteiger partial charge < -0.3 is 9.52 Å². The average Bonchev–Trinajstić information content (AvgIpc) is 2.78. The summed E-state index contributed by atoms with van der Waals surface area (Å²) in [5, 5.41) is 10.7. The third kappa shape index (κ3) is 3.98. The molecule has 6 nitrogen and oxygen atoms in total. The summed E-state index contributed by atoms with van der Waals surface area (Å²) >= 11 is 0. The van der Waals surface area contributed by atoms with Gasteiger partial charge in [-0.05, 0) is 42.5 Å². The average molecular weight is 398 g/mol. The van der Waals surface area contributed by atoms with Crippen LogP contribution in [0.1, 0.15) is 11.3 Å². The van der Waals surface area contributed by atoms with E-state index in [4.69, 9.17) is 4.42 Å². The molecule has 6 heteroatoms. The van der Waals surface area contributed by atoms with E-state index in [0.29, 0.717) is 22.4 Å². The minimum Gasteiger partial charge on any atom is -0.506 e. The highest BCUT2D eigenvalue weighted by Gasteiger charge is 2.18. The lowest BCUT2D eigenvalue weighted by Crippen LogP contribution is -2.29. The molecule has 0 radical (unpaired) electrons. The zero-order chi connectivity index (χ0) is 20.9. The first-order chi connectivity index (χ1) is 14.6. The van der Waals surface area contributed by atoms with Gasteiger partial charge in [0.2, 0.25) is 0 Å². The van der Waals surface area contributed by atoms with Crippen molar-refractivity contribution < 1.29 is 14.3 Å². The lowest BCUT2D eigenvalue weighted by Gasteiger charge is -2.22. The fourth-order valence-electron chi connectivity index (χ4n) is 3.09. The summed E-state index contributed by atoms with van der Waals surface area (Å²) in [6.45, 7) is 0.161. The normalized spacial score (nSPS) is 11.1. The first kappa shape index (κ1) is 19.1. The SMILES string of the molecule is O=C(/C=C/c1coc2ccccc2c1=O)N(Cc1ccccn1)c1ccccc1O. The van der Waals surface area contributed by atoms with Crippen LogP contribution < -0.4 is 10.3 Å². The van der Waals surface area contributed by atoms with Gasteiger partial charge in [-0.2, -0.15) is 0 Å². The molecule has 2 aromatic heterocycles. The smallest absolute Gasteiger partial charge is 0.251 e. The van der Waals surface area contributed by atoms with Gasteiger partial charge in [0.1, 0.15) is 17.6 Å². The van der Waals surface area contributed by atoms with Gasteiger partial charge in [0.05, 0.1) is 28.9 Å². The first-order valence-corrected chi connectivity index (χ1v) is 9.31. The maximum atomic E-state index is 13.0. The predicted octanol–water partition coefficient (Wildman–Crippen LogP) is 4.14. The Labute approximate surface area is 172 Å². The summed E-state index contributed by atoms with van der Waals surface area (Å²) in [4.78, 5) is 31.3. The molecule has 30 heavy (non-hydrogen) atoms. The summed E-state index contributed by atoms with van der Waals surface area (Å²) in [5.41, 5.74) is 1.53. The third-order valence-electron chi connectivity index (χ3n) is 4.60. The van der Waals surface area contributed by atoms with Crippen LogP contribution in [0.4, 0.5) is 5.69 Å². The van der Waals surface area contributed by atoms with Crippen molar-refractivity contribution in [1.29, 1.82) is 0 Å². The van der Waals surface area contributed by atoms with Crippen molar-refractivity contribution >= 4 is 28.6 Å². The number of para-hydroxylation sites is 3.